The number of nitrogens with one attached hydrogen (secondary N) is 1. The molecule has 0 radical (unpaired) electrons. The number of thiophene rings is 1. The molecule has 0 bridgehead atoms. The van der Waals surface area contributed by atoms with Gasteiger partial charge in [0, 0.05) is 22.2 Å². The molecule has 0 aliphatic heterocycles. The van der Waals surface area contributed by atoms with Crippen LogP contribution in [0.25, 0.3) is 15.7 Å². The zero-order chi connectivity index (χ0) is 23.1. The number of fused-ring (bicyclic) bond motifs is 2. The molecule has 33 heavy (non-hydrogen) atoms. The van der Waals surface area contributed by atoms with Crippen LogP contribution in [-0.4, -0.2) is 26.4 Å². The SMILES string of the molecule is Cc1sc2ncnc(NN=Cc3c(C)c(C(=O)c4ccc(F)cc4)n4ccccc34)c2c1C. The summed E-state index contributed by atoms with van der Waals surface area (Å²) < 4.78 is 15.2. The van der Waals surface area contributed by atoms with E-state index in [1.807, 2.05) is 42.6 Å². The van der Waals surface area contributed by atoms with Crippen LogP contribution in [0.3, 0.4) is 0 Å². The van der Waals surface area contributed by atoms with E-state index in [0.717, 1.165) is 32.4 Å². The van der Waals surface area contributed by atoms with Crippen molar-refractivity contribution in [3.8, 4) is 0 Å². The van der Waals surface area contributed by atoms with Crippen molar-refractivity contribution in [2.75, 3.05) is 5.43 Å². The number of carbonyl (C=O) groups is 1. The van der Waals surface area contributed by atoms with E-state index in [0.29, 0.717) is 17.1 Å². The number of hydrogen-bond acceptors (Lipinski definition) is 6. The Kier molecular flexibility index (Phi) is 5.22. The van der Waals surface area contributed by atoms with E-state index in [1.54, 1.807) is 17.6 Å². The van der Waals surface area contributed by atoms with Crippen LogP contribution < -0.4 is 5.43 Å². The van der Waals surface area contributed by atoms with Crippen molar-refractivity contribution in [1.29, 1.82) is 0 Å². The van der Waals surface area contributed by atoms with Crippen LogP contribution in [0.4, 0.5) is 10.2 Å². The van der Waals surface area contributed by atoms with Gasteiger partial charge in [-0.2, -0.15) is 5.10 Å². The Balaban J connectivity index is 1.55. The Labute approximate surface area is 193 Å². The third-order valence-corrected chi connectivity index (χ3v) is 6.90. The number of hydrazone groups is 1. The molecule has 4 aromatic heterocycles. The lowest BCUT2D eigenvalue weighted by atomic mass is 10.0. The average molecular weight is 458 g/mol. The minimum absolute atomic E-state index is 0.178. The van der Waals surface area contributed by atoms with E-state index >= 15 is 0 Å². The van der Waals surface area contributed by atoms with Crippen LogP contribution in [0.5, 0.6) is 0 Å². The summed E-state index contributed by atoms with van der Waals surface area (Å²) in [6, 6.07) is 11.3. The Hall–Kier alpha value is -3.91. The van der Waals surface area contributed by atoms with Gasteiger partial charge in [0.25, 0.3) is 0 Å². The number of anilines is 1. The number of halogens is 1. The van der Waals surface area contributed by atoms with Crippen molar-refractivity contribution < 1.29 is 9.18 Å². The highest BCUT2D eigenvalue weighted by Crippen LogP contribution is 2.32. The predicted octanol–water partition coefficient (Wildman–Crippen LogP) is 5.69. The number of ketones is 1. The highest BCUT2D eigenvalue weighted by Gasteiger charge is 2.21. The highest BCUT2D eigenvalue weighted by molar-refractivity contribution is 7.18. The van der Waals surface area contributed by atoms with Gasteiger partial charge in [-0.05, 0) is 68.3 Å². The van der Waals surface area contributed by atoms with Gasteiger partial charge in [0.1, 0.15) is 17.0 Å². The monoisotopic (exact) mass is 457 g/mol. The van der Waals surface area contributed by atoms with Crippen LogP contribution in [0.1, 0.15) is 37.6 Å². The summed E-state index contributed by atoms with van der Waals surface area (Å²) in [7, 11) is 0. The predicted molar refractivity (Wildman–Crippen MR) is 130 cm³/mol. The van der Waals surface area contributed by atoms with Gasteiger partial charge in [-0.1, -0.05) is 6.07 Å². The molecule has 1 aromatic carbocycles. The van der Waals surface area contributed by atoms with Crippen molar-refractivity contribution in [3.05, 3.63) is 93.6 Å². The third-order valence-electron chi connectivity index (χ3n) is 5.79. The lowest BCUT2D eigenvalue weighted by Gasteiger charge is -2.04. The van der Waals surface area contributed by atoms with Gasteiger partial charge < -0.3 is 4.40 Å². The zero-order valence-electron chi connectivity index (χ0n) is 18.3. The maximum Gasteiger partial charge on any atom is 0.210 e. The van der Waals surface area contributed by atoms with Crippen molar-refractivity contribution in [1.82, 2.24) is 14.4 Å². The molecule has 1 N–H and O–H groups in total. The van der Waals surface area contributed by atoms with Gasteiger partial charge in [-0.15, -0.1) is 11.3 Å². The summed E-state index contributed by atoms with van der Waals surface area (Å²) in [6.07, 6.45) is 5.07. The van der Waals surface area contributed by atoms with Crippen molar-refractivity contribution in [3.63, 3.8) is 0 Å². The first-order valence-corrected chi connectivity index (χ1v) is 11.2. The molecule has 0 unspecified atom stereocenters. The lowest BCUT2D eigenvalue weighted by Crippen LogP contribution is -2.07. The first kappa shape index (κ1) is 21.0. The van der Waals surface area contributed by atoms with E-state index in [9.17, 15) is 9.18 Å². The average Bonchev–Trinajstić information content (AvgIpc) is 3.27. The lowest BCUT2D eigenvalue weighted by molar-refractivity contribution is 0.103. The van der Waals surface area contributed by atoms with Crippen LogP contribution in [0, 0.1) is 26.6 Å². The summed E-state index contributed by atoms with van der Waals surface area (Å²) in [5.41, 5.74) is 7.58. The molecule has 5 rings (SSSR count). The molecule has 0 atom stereocenters. The first-order valence-electron chi connectivity index (χ1n) is 10.4. The first-order chi connectivity index (χ1) is 16.0. The Morgan fingerprint density at radius 2 is 1.88 bits per heavy atom. The summed E-state index contributed by atoms with van der Waals surface area (Å²) in [4.78, 5) is 24.1. The number of aryl methyl sites for hydroxylation is 2. The maximum atomic E-state index is 13.3. The minimum Gasteiger partial charge on any atom is -0.313 e. The van der Waals surface area contributed by atoms with Crippen LogP contribution in [-0.2, 0) is 0 Å². The third kappa shape index (κ3) is 3.58. The van der Waals surface area contributed by atoms with E-state index in [1.165, 1.54) is 35.5 Å². The molecule has 0 saturated carbocycles. The second-order valence-electron chi connectivity index (χ2n) is 7.73. The van der Waals surface area contributed by atoms with Gasteiger partial charge in [-0.3, -0.25) is 10.2 Å². The quantitative estimate of drug-likeness (QED) is 0.209. The number of nitrogens with zero attached hydrogens (tertiary/aromatic N) is 4. The zero-order valence-corrected chi connectivity index (χ0v) is 19.1. The highest BCUT2D eigenvalue weighted by atomic mass is 32.1. The molecule has 0 fully saturated rings. The van der Waals surface area contributed by atoms with Gasteiger partial charge >= 0.3 is 0 Å². The van der Waals surface area contributed by atoms with Crippen LogP contribution in [0.15, 0.2) is 60.1 Å². The van der Waals surface area contributed by atoms with Gasteiger partial charge in [0.05, 0.1) is 22.8 Å². The van der Waals surface area contributed by atoms with E-state index in [4.69, 9.17) is 0 Å². The fourth-order valence-corrected chi connectivity index (χ4v) is 4.96. The Bertz CT molecular complexity index is 1550. The fourth-order valence-electron chi connectivity index (χ4n) is 3.96. The largest absolute Gasteiger partial charge is 0.313 e. The number of aromatic nitrogens is 3. The maximum absolute atomic E-state index is 13.3. The van der Waals surface area contributed by atoms with Gasteiger partial charge in [0.2, 0.25) is 5.78 Å². The molecule has 5 aromatic rings. The van der Waals surface area contributed by atoms with E-state index < -0.39 is 0 Å². The molecule has 0 aliphatic carbocycles. The number of benzene rings is 1. The summed E-state index contributed by atoms with van der Waals surface area (Å²) >= 11 is 1.63. The summed E-state index contributed by atoms with van der Waals surface area (Å²) in [5, 5.41) is 5.41. The summed E-state index contributed by atoms with van der Waals surface area (Å²) in [5.74, 6) is 0.0853. The number of pyridine rings is 1. The Morgan fingerprint density at radius 1 is 1.09 bits per heavy atom. The fraction of sp³-hybridized carbons (Fsp3) is 0.120. The number of hydrogen-bond donors (Lipinski definition) is 1. The number of carbonyl (C=O) groups excluding carboxylic acids is 1. The second-order valence-corrected chi connectivity index (χ2v) is 8.94. The molecule has 164 valence electrons. The number of rotatable bonds is 5. The minimum atomic E-state index is -0.378. The van der Waals surface area contributed by atoms with Crippen molar-refractivity contribution in [2.45, 2.75) is 20.8 Å². The molecule has 8 heteroatoms. The Morgan fingerprint density at radius 3 is 2.67 bits per heavy atom. The van der Waals surface area contributed by atoms with Crippen LogP contribution in [0.2, 0.25) is 0 Å². The smallest absolute Gasteiger partial charge is 0.210 e. The van der Waals surface area contributed by atoms with Gasteiger partial charge in [-0.25, -0.2) is 14.4 Å². The molecule has 0 amide bonds. The molecular weight excluding hydrogens is 437 g/mol. The normalized spacial score (nSPS) is 11.6. The summed E-state index contributed by atoms with van der Waals surface area (Å²) in [6.45, 7) is 6.00. The molecule has 0 saturated heterocycles. The second kappa shape index (κ2) is 8.22. The van der Waals surface area contributed by atoms with Crippen LogP contribution >= 0.6 is 11.3 Å². The molecular formula is C25H20FN5OS. The molecule has 6 nitrogen and oxygen atoms in total. The van der Waals surface area contributed by atoms with Crippen molar-refractivity contribution in [2.24, 2.45) is 5.10 Å². The molecule has 4 heterocycles. The topological polar surface area (TPSA) is 71.7 Å². The molecule has 0 spiro atoms. The van der Waals surface area contributed by atoms with Gasteiger partial charge in [0.15, 0.2) is 5.82 Å². The van der Waals surface area contributed by atoms with E-state index in [2.05, 4.69) is 27.4 Å². The van der Waals surface area contributed by atoms with Crippen molar-refractivity contribution >= 4 is 44.9 Å². The standard InChI is InChI=1S/C25H20FN5OS/c1-14-16(3)33-25-21(14)24(27-13-28-25)30-29-12-19-15(2)22(31-11-5-4-6-20(19)31)23(32)17-7-9-18(26)10-8-17/h4-13H,1-3H3,(H,27,28,30). The van der Waals surface area contributed by atoms with E-state index in [-0.39, 0.29) is 11.6 Å². The molecule has 0 aliphatic rings.